The van der Waals surface area contributed by atoms with Gasteiger partial charge in [0.05, 0.1) is 25.4 Å². The molecule has 2 N–H and O–H groups in total. The van der Waals surface area contributed by atoms with Crippen LogP contribution in [0, 0.1) is 11.3 Å². The Morgan fingerprint density at radius 1 is 1.03 bits per heavy atom. The van der Waals surface area contributed by atoms with Gasteiger partial charge in [0.1, 0.15) is 29.6 Å². The summed E-state index contributed by atoms with van der Waals surface area (Å²) in [6, 6.07) is 15.2. The molecule has 152 valence electrons. The third-order valence-corrected chi connectivity index (χ3v) is 4.92. The Bertz CT molecular complexity index is 1060. The van der Waals surface area contributed by atoms with Gasteiger partial charge >= 0.3 is 0 Å². The maximum Gasteiger partial charge on any atom is 0.137 e. The Balaban J connectivity index is 1.54. The molecule has 3 heterocycles. The topological polar surface area (TPSA) is 100 Å². The fraction of sp³-hybridized carbons (Fsp3) is 0.261. The molecule has 0 spiro atoms. The summed E-state index contributed by atoms with van der Waals surface area (Å²) in [7, 11) is 0. The lowest BCUT2D eigenvalue weighted by Crippen LogP contribution is -2.26. The molecule has 7 heteroatoms. The summed E-state index contributed by atoms with van der Waals surface area (Å²) in [5.74, 6) is 1.82. The Hall–Kier alpha value is -3.47. The second kappa shape index (κ2) is 9.35. The van der Waals surface area contributed by atoms with Crippen molar-refractivity contribution in [3.63, 3.8) is 0 Å². The second-order valence-corrected chi connectivity index (χ2v) is 7.01. The molecule has 1 aliphatic heterocycles. The van der Waals surface area contributed by atoms with Gasteiger partial charge in [0.15, 0.2) is 0 Å². The van der Waals surface area contributed by atoms with Crippen molar-refractivity contribution in [1.82, 2.24) is 9.97 Å². The summed E-state index contributed by atoms with van der Waals surface area (Å²) in [6.07, 6.45) is 5.07. The lowest BCUT2D eigenvalue weighted by Gasteiger charge is -2.23. The summed E-state index contributed by atoms with van der Waals surface area (Å²) >= 11 is 0. The zero-order valence-corrected chi connectivity index (χ0v) is 16.4. The van der Waals surface area contributed by atoms with Gasteiger partial charge in [-0.25, -0.2) is 9.97 Å². The summed E-state index contributed by atoms with van der Waals surface area (Å²) < 4.78 is 11.4. The number of benzene rings is 1. The molecule has 0 aliphatic carbocycles. The highest BCUT2D eigenvalue weighted by molar-refractivity contribution is 5.70. The van der Waals surface area contributed by atoms with E-state index in [1.807, 2.05) is 30.3 Å². The fourth-order valence-electron chi connectivity index (χ4n) is 3.32. The van der Waals surface area contributed by atoms with Crippen LogP contribution in [0.1, 0.15) is 24.0 Å². The fourth-order valence-corrected chi connectivity index (χ4v) is 3.32. The molecule has 7 nitrogen and oxygen atoms in total. The predicted molar refractivity (Wildman–Crippen MR) is 112 cm³/mol. The monoisotopic (exact) mass is 402 g/mol. The SMILES string of the molecule is N#Cc1cc(-c2ccnc(Nc3cc(CO)ccn3)c2)ccc1OC1CCOCC1. The third kappa shape index (κ3) is 4.74. The molecule has 0 atom stereocenters. The molecule has 1 aliphatic rings. The van der Waals surface area contributed by atoms with E-state index in [2.05, 4.69) is 21.4 Å². The standard InChI is InChI=1S/C23H22N4O3/c24-14-19-12-17(1-2-21(19)30-20-5-9-29-10-6-20)18-4-8-26-23(13-18)27-22-11-16(15-28)3-7-25-22/h1-4,7-8,11-13,20,28H,5-6,9-10,15H2,(H,25,26,27). The number of hydrogen-bond donors (Lipinski definition) is 2. The van der Waals surface area contributed by atoms with Crippen LogP contribution in [0.4, 0.5) is 11.6 Å². The molecule has 3 aromatic rings. The first-order valence-corrected chi connectivity index (χ1v) is 9.83. The Kier molecular flexibility index (Phi) is 6.18. The van der Waals surface area contributed by atoms with Gasteiger partial charge in [-0.3, -0.25) is 0 Å². The highest BCUT2D eigenvalue weighted by Crippen LogP contribution is 2.29. The quantitative estimate of drug-likeness (QED) is 0.647. The van der Waals surface area contributed by atoms with Gasteiger partial charge < -0.3 is 19.9 Å². The molecule has 4 rings (SSSR count). The van der Waals surface area contributed by atoms with Gasteiger partial charge in [-0.05, 0) is 53.1 Å². The minimum absolute atomic E-state index is 0.0517. The molecule has 1 saturated heterocycles. The van der Waals surface area contributed by atoms with Crippen molar-refractivity contribution in [2.45, 2.75) is 25.6 Å². The molecule has 0 saturated carbocycles. The van der Waals surface area contributed by atoms with Crippen LogP contribution < -0.4 is 10.1 Å². The second-order valence-electron chi connectivity index (χ2n) is 7.01. The Labute approximate surface area is 174 Å². The normalized spacial score (nSPS) is 14.1. The van der Waals surface area contributed by atoms with Crippen molar-refractivity contribution in [1.29, 1.82) is 5.26 Å². The van der Waals surface area contributed by atoms with Crippen molar-refractivity contribution in [3.8, 4) is 22.9 Å². The van der Waals surface area contributed by atoms with Crippen molar-refractivity contribution in [2.24, 2.45) is 0 Å². The maximum atomic E-state index is 9.61. The number of pyridine rings is 2. The first-order chi connectivity index (χ1) is 14.7. The summed E-state index contributed by atoms with van der Waals surface area (Å²) in [6.45, 7) is 1.32. The number of nitrogens with one attached hydrogen (secondary N) is 1. The molecule has 30 heavy (non-hydrogen) atoms. The van der Waals surface area contributed by atoms with E-state index in [1.54, 1.807) is 24.5 Å². The zero-order chi connectivity index (χ0) is 20.8. The highest BCUT2D eigenvalue weighted by Gasteiger charge is 2.17. The number of aliphatic hydroxyl groups is 1. The van der Waals surface area contributed by atoms with Gasteiger partial charge in [0.2, 0.25) is 0 Å². The van der Waals surface area contributed by atoms with Crippen molar-refractivity contribution >= 4 is 11.6 Å². The Morgan fingerprint density at radius 3 is 2.53 bits per heavy atom. The van der Waals surface area contributed by atoms with Gasteiger partial charge in [-0.15, -0.1) is 0 Å². The largest absolute Gasteiger partial charge is 0.489 e. The number of aliphatic hydroxyl groups excluding tert-OH is 1. The molecular formula is C23H22N4O3. The minimum Gasteiger partial charge on any atom is -0.489 e. The van der Waals surface area contributed by atoms with Crippen molar-refractivity contribution in [2.75, 3.05) is 18.5 Å². The average molecular weight is 402 g/mol. The van der Waals surface area contributed by atoms with E-state index in [0.29, 0.717) is 36.2 Å². The van der Waals surface area contributed by atoms with Gasteiger partial charge in [0, 0.05) is 25.2 Å². The molecule has 1 fully saturated rings. The van der Waals surface area contributed by atoms with Gasteiger partial charge in [-0.2, -0.15) is 5.26 Å². The average Bonchev–Trinajstić information content (AvgIpc) is 2.80. The van der Waals surface area contributed by atoms with E-state index in [-0.39, 0.29) is 12.7 Å². The number of rotatable bonds is 6. The number of aromatic nitrogens is 2. The summed E-state index contributed by atoms with van der Waals surface area (Å²) in [5.41, 5.74) is 3.08. The molecule has 0 unspecified atom stereocenters. The Morgan fingerprint density at radius 2 is 1.77 bits per heavy atom. The van der Waals surface area contributed by atoms with Crippen molar-refractivity contribution in [3.05, 3.63) is 66.0 Å². The van der Waals surface area contributed by atoms with Crippen LogP contribution >= 0.6 is 0 Å². The van der Waals surface area contributed by atoms with E-state index in [0.717, 1.165) is 29.5 Å². The van der Waals surface area contributed by atoms with Gasteiger partial charge in [-0.1, -0.05) is 6.07 Å². The number of anilines is 2. The van der Waals surface area contributed by atoms with E-state index in [4.69, 9.17) is 9.47 Å². The summed E-state index contributed by atoms with van der Waals surface area (Å²) in [4.78, 5) is 8.59. The van der Waals surface area contributed by atoms with Crippen LogP contribution in [0.5, 0.6) is 5.75 Å². The number of nitriles is 1. The van der Waals surface area contributed by atoms with Gasteiger partial charge in [0.25, 0.3) is 0 Å². The van der Waals surface area contributed by atoms with E-state index in [1.165, 1.54) is 0 Å². The number of nitrogens with zero attached hydrogens (tertiary/aromatic N) is 3. The number of ether oxygens (including phenoxy) is 2. The smallest absolute Gasteiger partial charge is 0.137 e. The first kappa shape index (κ1) is 19.8. The van der Waals surface area contributed by atoms with Crippen LogP contribution in [-0.4, -0.2) is 34.4 Å². The lowest BCUT2D eigenvalue weighted by molar-refractivity contribution is 0.0254. The van der Waals surface area contributed by atoms with Crippen LogP contribution in [0.2, 0.25) is 0 Å². The molecule has 0 bridgehead atoms. The van der Waals surface area contributed by atoms with Crippen molar-refractivity contribution < 1.29 is 14.6 Å². The van der Waals surface area contributed by atoms with Crippen LogP contribution in [-0.2, 0) is 11.3 Å². The summed E-state index contributed by atoms with van der Waals surface area (Å²) in [5, 5.41) is 22.0. The van der Waals surface area contributed by atoms with Crippen LogP contribution in [0.3, 0.4) is 0 Å². The molecule has 1 aromatic carbocycles. The van der Waals surface area contributed by atoms with E-state index >= 15 is 0 Å². The highest BCUT2D eigenvalue weighted by atomic mass is 16.5. The predicted octanol–water partition coefficient (Wildman–Crippen LogP) is 3.81. The van der Waals surface area contributed by atoms with Crippen LogP contribution in [0.25, 0.3) is 11.1 Å². The first-order valence-electron chi connectivity index (χ1n) is 9.83. The lowest BCUT2D eigenvalue weighted by atomic mass is 10.0. The molecular weight excluding hydrogens is 380 g/mol. The number of hydrogen-bond acceptors (Lipinski definition) is 7. The van der Waals surface area contributed by atoms with E-state index in [9.17, 15) is 10.4 Å². The minimum atomic E-state index is -0.0517. The molecule has 0 amide bonds. The van der Waals surface area contributed by atoms with Crippen LogP contribution in [0.15, 0.2) is 54.9 Å². The maximum absolute atomic E-state index is 9.61. The van der Waals surface area contributed by atoms with E-state index < -0.39 is 0 Å². The molecule has 0 radical (unpaired) electrons. The third-order valence-electron chi connectivity index (χ3n) is 4.92. The zero-order valence-electron chi connectivity index (χ0n) is 16.4. The molecule has 2 aromatic heterocycles.